The molecule has 19 heavy (non-hydrogen) atoms. The Kier molecular flexibility index (Phi) is 4.66. The van der Waals surface area contributed by atoms with Gasteiger partial charge in [0.15, 0.2) is 9.84 Å². The summed E-state index contributed by atoms with van der Waals surface area (Å²) in [5, 5.41) is 0. The van der Waals surface area contributed by atoms with Gasteiger partial charge in [-0.15, -0.1) is 0 Å². The molecule has 0 bridgehead atoms. The van der Waals surface area contributed by atoms with Crippen molar-refractivity contribution in [3.8, 4) is 0 Å². The first-order valence-corrected chi connectivity index (χ1v) is 7.66. The molecule has 0 aromatic heterocycles. The molecule has 0 aliphatic rings. The van der Waals surface area contributed by atoms with Crippen LogP contribution in [0, 0.1) is 5.92 Å². The van der Waals surface area contributed by atoms with Gasteiger partial charge in [0, 0.05) is 0 Å². The van der Waals surface area contributed by atoms with E-state index < -0.39 is 21.6 Å². The molecular weight excluding hydrogens is 277 g/mol. The summed E-state index contributed by atoms with van der Waals surface area (Å²) in [6.07, 6.45) is -4.27. The fourth-order valence-corrected chi connectivity index (χ4v) is 2.70. The number of hydrogen-bond acceptors (Lipinski definition) is 2. The predicted molar refractivity (Wildman–Crippen MR) is 67.7 cm³/mol. The van der Waals surface area contributed by atoms with Crippen LogP contribution in [0.1, 0.15) is 31.9 Å². The molecule has 0 aliphatic carbocycles. The molecular formula is C13H17F3O2S. The van der Waals surface area contributed by atoms with Crippen LogP contribution in [0.4, 0.5) is 13.2 Å². The first-order valence-electron chi connectivity index (χ1n) is 6.00. The molecule has 1 aromatic rings. The summed E-state index contributed by atoms with van der Waals surface area (Å²) in [4.78, 5) is -0.269. The van der Waals surface area contributed by atoms with Gasteiger partial charge in [-0.05, 0) is 30.0 Å². The highest BCUT2D eigenvalue weighted by Gasteiger charge is 2.34. The topological polar surface area (TPSA) is 34.1 Å². The van der Waals surface area contributed by atoms with E-state index in [1.165, 1.54) is 19.1 Å². The molecule has 0 spiro atoms. The Balaban J connectivity index is 3.40. The Hall–Kier alpha value is -1.04. The summed E-state index contributed by atoms with van der Waals surface area (Å²) in [6.45, 7) is 5.04. The van der Waals surface area contributed by atoms with Crippen molar-refractivity contribution in [2.75, 3.05) is 5.75 Å². The van der Waals surface area contributed by atoms with Crippen molar-refractivity contribution in [3.05, 3.63) is 29.3 Å². The SMILES string of the molecule is CCS(=O)(=O)c1ccc(CC(C)C)c(C(F)(F)F)c1. The predicted octanol–water partition coefficient (Wildman–Crippen LogP) is 3.70. The lowest BCUT2D eigenvalue weighted by molar-refractivity contribution is -0.138. The summed E-state index contributed by atoms with van der Waals surface area (Å²) in [5.74, 6) is -0.150. The van der Waals surface area contributed by atoms with Crippen molar-refractivity contribution in [3.63, 3.8) is 0 Å². The highest BCUT2D eigenvalue weighted by Crippen LogP contribution is 2.34. The van der Waals surface area contributed by atoms with Gasteiger partial charge in [0.1, 0.15) is 0 Å². The minimum atomic E-state index is -4.54. The minimum Gasteiger partial charge on any atom is -0.224 e. The summed E-state index contributed by atoms with van der Waals surface area (Å²) in [7, 11) is -3.63. The van der Waals surface area contributed by atoms with Gasteiger partial charge >= 0.3 is 6.18 Å². The van der Waals surface area contributed by atoms with E-state index >= 15 is 0 Å². The zero-order valence-corrected chi connectivity index (χ0v) is 11.9. The number of benzene rings is 1. The molecule has 0 saturated heterocycles. The molecule has 0 aliphatic heterocycles. The van der Waals surface area contributed by atoms with E-state index in [2.05, 4.69) is 0 Å². The fraction of sp³-hybridized carbons (Fsp3) is 0.538. The Morgan fingerprint density at radius 1 is 1.21 bits per heavy atom. The second-order valence-electron chi connectivity index (χ2n) is 4.82. The molecule has 0 heterocycles. The van der Waals surface area contributed by atoms with E-state index in [1.807, 2.05) is 13.8 Å². The van der Waals surface area contributed by atoms with Gasteiger partial charge < -0.3 is 0 Å². The molecule has 0 radical (unpaired) electrons. The fourth-order valence-electron chi connectivity index (χ4n) is 1.80. The summed E-state index contributed by atoms with van der Waals surface area (Å²) >= 11 is 0. The van der Waals surface area contributed by atoms with Crippen LogP contribution < -0.4 is 0 Å². The quantitative estimate of drug-likeness (QED) is 0.848. The molecule has 0 amide bonds. The van der Waals surface area contributed by atoms with Gasteiger partial charge in [-0.1, -0.05) is 26.8 Å². The lowest BCUT2D eigenvalue weighted by atomic mass is 9.98. The number of hydrogen-bond donors (Lipinski definition) is 0. The standard InChI is InChI=1S/C13H17F3O2S/c1-4-19(17,18)11-6-5-10(7-9(2)3)12(8-11)13(14,15)16/h5-6,8-9H,4,7H2,1-3H3. The van der Waals surface area contributed by atoms with Crippen LogP contribution in [-0.4, -0.2) is 14.2 Å². The van der Waals surface area contributed by atoms with Gasteiger partial charge in [0.05, 0.1) is 16.2 Å². The van der Waals surface area contributed by atoms with E-state index in [0.717, 1.165) is 6.07 Å². The first-order chi connectivity index (χ1) is 8.58. The van der Waals surface area contributed by atoms with Crippen molar-refractivity contribution in [1.82, 2.24) is 0 Å². The van der Waals surface area contributed by atoms with Crippen molar-refractivity contribution < 1.29 is 21.6 Å². The average molecular weight is 294 g/mol. The zero-order chi connectivity index (χ0) is 14.8. The van der Waals surface area contributed by atoms with E-state index in [-0.39, 0.29) is 28.6 Å². The molecule has 1 rings (SSSR count). The lowest BCUT2D eigenvalue weighted by Gasteiger charge is -2.15. The number of rotatable bonds is 4. The molecule has 2 nitrogen and oxygen atoms in total. The third-order valence-electron chi connectivity index (χ3n) is 2.75. The van der Waals surface area contributed by atoms with Crippen LogP contribution in [0.5, 0.6) is 0 Å². The summed E-state index contributed by atoms with van der Waals surface area (Å²) < 4.78 is 62.2. The Labute approximate surface area is 111 Å². The second-order valence-corrected chi connectivity index (χ2v) is 7.10. The third-order valence-corrected chi connectivity index (χ3v) is 4.49. The van der Waals surface area contributed by atoms with Crippen LogP contribution in [0.2, 0.25) is 0 Å². The van der Waals surface area contributed by atoms with Crippen LogP contribution in [-0.2, 0) is 22.4 Å². The smallest absolute Gasteiger partial charge is 0.224 e. The third kappa shape index (κ3) is 3.96. The van der Waals surface area contributed by atoms with Gasteiger partial charge in [-0.3, -0.25) is 0 Å². The summed E-state index contributed by atoms with van der Waals surface area (Å²) in [5.41, 5.74) is -0.715. The minimum absolute atomic E-state index is 0.0646. The highest BCUT2D eigenvalue weighted by molar-refractivity contribution is 7.91. The number of halogens is 3. The van der Waals surface area contributed by atoms with Crippen LogP contribution in [0.3, 0.4) is 0 Å². The van der Waals surface area contributed by atoms with Gasteiger partial charge in [-0.25, -0.2) is 8.42 Å². The number of sulfone groups is 1. The largest absolute Gasteiger partial charge is 0.416 e. The van der Waals surface area contributed by atoms with Gasteiger partial charge in [0.25, 0.3) is 0 Å². The Morgan fingerprint density at radius 2 is 1.79 bits per heavy atom. The van der Waals surface area contributed by atoms with Crippen molar-refractivity contribution >= 4 is 9.84 Å². The van der Waals surface area contributed by atoms with E-state index in [4.69, 9.17) is 0 Å². The van der Waals surface area contributed by atoms with Crippen LogP contribution in [0.25, 0.3) is 0 Å². The Bertz CT molecular complexity index is 545. The van der Waals surface area contributed by atoms with Gasteiger partial charge in [0.2, 0.25) is 0 Å². The monoisotopic (exact) mass is 294 g/mol. The molecule has 0 saturated carbocycles. The van der Waals surface area contributed by atoms with Crippen molar-refractivity contribution in [2.45, 2.75) is 38.3 Å². The zero-order valence-electron chi connectivity index (χ0n) is 11.1. The average Bonchev–Trinajstić information content (AvgIpc) is 2.27. The summed E-state index contributed by atoms with van der Waals surface area (Å²) in [6, 6.07) is 3.27. The molecule has 1 aromatic carbocycles. The highest BCUT2D eigenvalue weighted by atomic mass is 32.2. The van der Waals surface area contributed by atoms with E-state index in [0.29, 0.717) is 0 Å². The maximum atomic E-state index is 13.0. The molecule has 6 heteroatoms. The van der Waals surface area contributed by atoms with E-state index in [1.54, 1.807) is 0 Å². The maximum absolute atomic E-state index is 13.0. The van der Waals surface area contributed by atoms with Crippen LogP contribution >= 0.6 is 0 Å². The second kappa shape index (κ2) is 5.53. The normalized spacial score (nSPS) is 13.0. The van der Waals surface area contributed by atoms with Crippen LogP contribution in [0.15, 0.2) is 23.1 Å². The molecule has 0 N–H and O–H groups in total. The molecule has 108 valence electrons. The molecule has 0 atom stereocenters. The number of alkyl halides is 3. The van der Waals surface area contributed by atoms with Crippen molar-refractivity contribution in [2.24, 2.45) is 5.92 Å². The first kappa shape index (κ1) is 16.0. The maximum Gasteiger partial charge on any atom is 0.416 e. The lowest BCUT2D eigenvalue weighted by Crippen LogP contribution is -2.13. The van der Waals surface area contributed by atoms with Crippen molar-refractivity contribution in [1.29, 1.82) is 0 Å². The van der Waals surface area contributed by atoms with Gasteiger partial charge in [-0.2, -0.15) is 13.2 Å². The van der Waals surface area contributed by atoms with E-state index in [9.17, 15) is 21.6 Å². The molecule has 0 fully saturated rings. The molecule has 0 unspecified atom stereocenters. The Morgan fingerprint density at radius 3 is 2.21 bits per heavy atom.